The molecule has 1 aromatic heterocycles. The van der Waals surface area contributed by atoms with Crippen LogP contribution in [0.1, 0.15) is 38.8 Å². The summed E-state index contributed by atoms with van der Waals surface area (Å²) in [4.78, 5) is 26.6. The average Bonchev–Trinajstić information content (AvgIpc) is 2.72. The van der Waals surface area contributed by atoms with Gasteiger partial charge in [0.2, 0.25) is 0 Å². The average molecular weight is 415 g/mol. The molecular formula is C22H20F3N3O2. The van der Waals surface area contributed by atoms with Gasteiger partial charge in [-0.05, 0) is 42.3 Å². The molecule has 0 radical (unpaired) electrons. The Bertz CT molecular complexity index is 1110. The van der Waals surface area contributed by atoms with Crippen LogP contribution in [0.15, 0.2) is 65.5 Å². The fraction of sp³-hybridized carbons (Fsp3) is 0.182. The van der Waals surface area contributed by atoms with Crippen LogP contribution in [0.2, 0.25) is 0 Å². The van der Waals surface area contributed by atoms with E-state index in [0.717, 1.165) is 28.4 Å². The third-order valence-electron chi connectivity index (χ3n) is 4.65. The quantitative estimate of drug-likeness (QED) is 0.583. The van der Waals surface area contributed by atoms with Crippen molar-refractivity contribution in [3.63, 3.8) is 0 Å². The van der Waals surface area contributed by atoms with E-state index in [-0.39, 0.29) is 0 Å². The number of halogens is 3. The molecule has 3 N–H and O–H groups in total. The van der Waals surface area contributed by atoms with E-state index in [1.807, 2.05) is 55.5 Å². The van der Waals surface area contributed by atoms with Gasteiger partial charge in [0.15, 0.2) is 0 Å². The smallest absolute Gasteiger partial charge is 0.388 e. The first kappa shape index (κ1) is 21.2. The number of aromatic amines is 1. The Morgan fingerprint density at radius 2 is 1.70 bits per heavy atom. The third-order valence-corrected chi connectivity index (χ3v) is 4.65. The number of rotatable bonds is 5. The van der Waals surface area contributed by atoms with Crippen LogP contribution in [-0.2, 0) is 6.18 Å². The van der Waals surface area contributed by atoms with E-state index in [9.17, 15) is 22.8 Å². The molecule has 156 valence electrons. The first-order valence-corrected chi connectivity index (χ1v) is 9.14. The topological polar surface area (TPSA) is 74.0 Å². The number of carbonyl (C=O) groups excluding carboxylic acids is 1. The summed E-state index contributed by atoms with van der Waals surface area (Å²) in [6.07, 6.45) is -4.70. The van der Waals surface area contributed by atoms with Gasteiger partial charge in [-0.1, -0.05) is 42.0 Å². The van der Waals surface area contributed by atoms with Crippen LogP contribution in [-0.4, -0.2) is 17.9 Å². The van der Waals surface area contributed by atoms with Crippen molar-refractivity contribution in [2.24, 2.45) is 0 Å². The van der Waals surface area contributed by atoms with Gasteiger partial charge in [-0.25, -0.2) is 0 Å². The molecular weight excluding hydrogens is 395 g/mol. The SMILES string of the molecule is CNc1cccc(C(NC(=O)c2ccc(C(F)(F)F)[nH]c2=O)c2ccc(C)cc2)c1. The molecule has 5 nitrogen and oxygen atoms in total. The normalized spacial score (nSPS) is 12.3. The predicted molar refractivity (Wildman–Crippen MR) is 109 cm³/mol. The summed E-state index contributed by atoms with van der Waals surface area (Å²) >= 11 is 0. The number of carbonyl (C=O) groups is 1. The number of hydrogen-bond acceptors (Lipinski definition) is 3. The van der Waals surface area contributed by atoms with Crippen molar-refractivity contribution in [1.29, 1.82) is 0 Å². The minimum Gasteiger partial charge on any atom is -0.388 e. The zero-order valence-corrected chi connectivity index (χ0v) is 16.3. The van der Waals surface area contributed by atoms with Crippen LogP contribution in [0, 0.1) is 6.92 Å². The lowest BCUT2D eigenvalue weighted by Crippen LogP contribution is -2.34. The Hall–Kier alpha value is -3.55. The fourth-order valence-electron chi connectivity index (χ4n) is 3.02. The molecule has 1 unspecified atom stereocenters. The van der Waals surface area contributed by atoms with Crippen LogP contribution in [0.4, 0.5) is 18.9 Å². The highest BCUT2D eigenvalue weighted by atomic mass is 19.4. The van der Waals surface area contributed by atoms with Gasteiger partial charge < -0.3 is 15.6 Å². The number of anilines is 1. The van der Waals surface area contributed by atoms with E-state index in [1.165, 1.54) is 0 Å². The van der Waals surface area contributed by atoms with Gasteiger partial charge >= 0.3 is 6.18 Å². The van der Waals surface area contributed by atoms with E-state index < -0.39 is 34.9 Å². The summed E-state index contributed by atoms with van der Waals surface area (Å²) < 4.78 is 38.3. The fourth-order valence-corrected chi connectivity index (χ4v) is 3.02. The van der Waals surface area contributed by atoms with Crippen molar-refractivity contribution in [3.05, 3.63) is 99.0 Å². The number of nitrogens with one attached hydrogen (secondary N) is 3. The van der Waals surface area contributed by atoms with Crippen molar-refractivity contribution >= 4 is 11.6 Å². The largest absolute Gasteiger partial charge is 0.431 e. The number of benzene rings is 2. The summed E-state index contributed by atoms with van der Waals surface area (Å²) in [6.45, 7) is 1.93. The highest BCUT2D eigenvalue weighted by molar-refractivity contribution is 5.94. The number of alkyl halides is 3. The van der Waals surface area contributed by atoms with Gasteiger partial charge in [0.25, 0.3) is 11.5 Å². The second-order valence-electron chi connectivity index (χ2n) is 6.81. The number of amides is 1. The van der Waals surface area contributed by atoms with Crippen molar-refractivity contribution < 1.29 is 18.0 Å². The van der Waals surface area contributed by atoms with E-state index in [0.29, 0.717) is 6.07 Å². The molecule has 0 fully saturated rings. The first-order valence-electron chi connectivity index (χ1n) is 9.14. The van der Waals surface area contributed by atoms with E-state index in [2.05, 4.69) is 10.6 Å². The Labute approximate surface area is 171 Å². The lowest BCUT2D eigenvalue weighted by atomic mass is 9.97. The molecule has 3 aromatic rings. The van der Waals surface area contributed by atoms with Crippen LogP contribution in [0.25, 0.3) is 0 Å². The predicted octanol–water partition coefficient (Wildman–Crippen LogP) is 4.26. The van der Waals surface area contributed by atoms with E-state index in [1.54, 1.807) is 12.0 Å². The summed E-state index contributed by atoms with van der Waals surface area (Å²) in [7, 11) is 1.76. The maximum Gasteiger partial charge on any atom is 0.431 e. The molecule has 0 aliphatic carbocycles. The van der Waals surface area contributed by atoms with Crippen LogP contribution in [0.5, 0.6) is 0 Å². The number of pyridine rings is 1. The maximum absolute atomic E-state index is 12.8. The van der Waals surface area contributed by atoms with Crippen molar-refractivity contribution in [3.8, 4) is 0 Å². The Morgan fingerprint density at radius 3 is 2.30 bits per heavy atom. The first-order chi connectivity index (χ1) is 14.2. The van der Waals surface area contributed by atoms with Gasteiger partial charge in [0.05, 0.1) is 6.04 Å². The second kappa shape index (κ2) is 8.44. The van der Waals surface area contributed by atoms with E-state index >= 15 is 0 Å². The molecule has 0 aliphatic heterocycles. The number of aromatic nitrogens is 1. The molecule has 1 atom stereocenters. The van der Waals surface area contributed by atoms with Gasteiger partial charge in [-0.15, -0.1) is 0 Å². The molecule has 0 aliphatic rings. The standard InChI is InChI=1S/C22H20F3N3O2/c1-13-6-8-14(9-7-13)19(15-4-3-5-16(12-15)26-2)28-21(30)17-10-11-18(22(23,24)25)27-20(17)29/h3-12,19,26H,1-2H3,(H,27,29)(H,28,30). The van der Waals surface area contributed by atoms with Crippen molar-refractivity contribution in [1.82, 2.24) is 10.3 Å². The molecule has 0 bridgehead atoms. The molecule has 0 saturated carbocycles. The van der Waals surface area contributed by atoms with Crippen LogP contribution < -0.4 is 16.2 Å². The lowest BCUT2D eigenvalue weighted by Gasteiger charge is -2.21. The Morgan fingerprint density at radius 1 is 1.00 bits per heavy atom. The molecule has 0 spiro atoms. The van der Waals surface area contributed by atoms with Gasteiger partial charge in [-0.3, -0.25) is 9.59 Å². The molecule has 3 rings (SSSR count). The molecule has 30 heavy (non-hydrogen) atoms. The zero-order chi connectivity index (χ0) is 21.9. The lowest BCUT2D eigenvalue weighted by molar-refractivity contribution is -0.141. The number of hydrogen-bond donors (Lipinski definition) is 3. The van der Waals surface area contributed by atoms with Crippen LogP contribution in [0.3, 0.4) is 0 Å². The Balaban J connectivity index is 1.98. The van der Waals surface area contributed by atoms with Gasteiger partial charge in [0.1, 0.15) is 11.3 Å². The van der Waals surface area contributed by atoms with E-state index in [4.69, 9.17) is 0 Å². The highest BCUT2D eigenvalue weighted by Gasteiger charge is 2.32. The zero-order valence-electron chi connectivity index (χ0n) is 16.3. The number of aryl methyl sites for hydroxylation is 1. The van der Waals surface area contributed by atoms with Gasteiger partial charge in [-0.2, -0.15) is 13.2 Å². The summed E-state index contributed by atoms with van der Waals surface area (Å²) in [5, 5.41) is 5.79. The third kappa shape index (κ3) is 4.71. The monoisotopic (exact) mass is 415 g/mol. The Kier molecular flexibility index (Phi) is 5.96. The maximum atomic E-state index is 12.8. The van der Waals surface area contributed by atoms with Gasteiger partial charge in [0, 0.05) is 12.7 Å². The molecule has 0 saturated heterocycles. The highest BCUT2D eigenvalue weighted by Crippen LogP contribution is 2.27. The van der Waals surface area contributed by atoms with Crippen LogP contribution >= 0.6 is 0 Å². The summed E-state index contributed by atoms with van der Waals surface area (Å²) in [5.74, 6) is -0.773. The molecule has 1 heterocycles. The number of H-pyrrole nitrogens is 1. The van der Waals surface area contributed by atoms with Crippen molar-refractivity contribution in [2.45, 2.75) is 19.1 Å². The minimum atomic E-state index is -4.70. The van der Waals surface area contributed by atoms with Crippen molar-refractivity contribution in [2.75, 3.05) is 12.4 Å². The summed E-state index contributed by atoms with van der Waals surface area (Å²) in [6, 6.07) is 15.8. The summed E-state index contributed by atoms with van der Waals surface area (Å²) in [5.41, 5.74) is 0.672. The molecule has 1 amide bonds. The molecule has 8 heteroatoms. The minimum absolute atomic E-state index is 0.398. The second-order valence-corrected chi connectivity index (χ2v) is 6.81. The molecule has 2 aromatic carbocycles.